The molecule has 0 saturated carbocycles. The average Bonchev–Trinajstić information content (AvgIpc) is 2.26. The Hall–Kier alpha value is -1.82. The third kappa shape index (κ3) is 3.10. The quantitative estimate of drug-likeness (QED) is 0.658. The molecule has 0 aliphatic carbocycles. The van der Waals surface area contributed by atoms with Gasteiger partial charge in [0.15, 0.2) is 0 Å². The highest BCUT2D eigenvalue weighted by Crippen LogP contribution is 2.35. The number of halogens is 1. The minimum Gasteiger partial charge on any atom is -0.485 e. The zero-order valence-electron chi connectivity index (χ0n) is 9.84. The number of hydrogen-bond acceptors (Lipinski definition) is 4. The van der Waals surface area contributed by atoms with E-state index in [9.17, 15) is 14.9 Å². The van der Waals surface area contributed by atoms with Gasteiger partial charge in [0, 0.05) is 6.07 Å². The number of hydrogen-bond donors (Lipinski definition) is 1. The topological polar surface area (TPSA) is 89.7 Å². The SMILES string of the molecule is CC(C)(COc1c(Cl)cccc1[N+](=O)[O-])C(=O)O. The molecule has 0 saturated heterocycles. The minimum absolute atomic E-state index is 0.0744. The molecule has 1 aromatic carbocycles. The van der Waals surface area contributed by atoms with Crippen molar-refractivity contribution < 1.29 is 19.6 Å². The molecule has 0 aliphatic rings. The Morgan fingerprint density at radius 3 is 2.67 bits per heavy atom. The van der Waals surface area contributed by atoms with Crippen LogP contribution in [0.4, 0.5) is 5.69 Å². The molecule has 0 aliphatic heterocycles. The zero-order chi connectivity index (χ0) is 13.9. The van der Waals surface area contributed by atoms with Gasteiger partial charge in [-0.3, -0.25) is 14.9 Å². The zero-order valence-corrected chi connectivity index (χ0v) is 10.6. The van der Waals surface area contributed by atoms with Gasteiger partial charge in [-0.25, -0.2) is 0 Å². The number of carbonyl (C=O) groups is 1. The van der Waals surface area contributed by atoms with Gasteiger partial charge in [-0.1, -0.05) is 17.7 Å². The molecule has 1 rings (SSSR count). The van der Waals surface area contributed by atoms with Crippen molar-refractivity contribution in [3.05, 3.63) is 33.3 Å². The summed E-state index contributed by atoms with van der Waals surface area (Å²) in [7, 11) is 0. The van der Waals surface area contributed by atoms with E-state index < -0.39 is 16.3 Å². The molecular weight excluding hydrogens is 262 g/mol. The van der Waals surface area contributed by atoms with Crippen molar-refractivity contribution in [1.29, 1.82) is 0 Å². The van der Waals surface area contributed by atoms with Crippen molar-refractivity contribution in [2.75, 3.05) is 6.61 Å². The molecule has 0 unspecified atom stereocenters. The Labute approximate surface area is 108 Å². The summed E-state index contributed by atoms with van der Waals surface area (Å²) in [5.41, 5.74) is -1.45. The molecule has 1 aromatic rings. The Morgan fingerprint density at radius 1 is 1.56 bits per heavy atom. The maximum Gasteiger partial charge on any atom is 0.312 e. The summed E-state index contributed by atoms with van der Waals surface area (Å²) in [6.07, 6.45) is 0. The molecule has 0 bridgehead atoms. The van der Waals surface area contributed by atoms with Crippen molar-refractivity contribution in [2.24, 2.45) is 5.41 Å². The van der Waals surface area contributed by atoms with Crippen molar-refractivity contribution in [3.63, 3.8) is 0 Å². The van der Waals surface area contributed by atoms with E-state index in [-0.39, 0.29) is 23.1 Å². The van der Waals surface area contributed by atoms with Crippen LogP contribution in [0.15, 0.2) is 18.2 Å². The lowest BCUT2D eigenvalue weighted by molar-refractivity contribution is -0.385. The highest BCUT2D eigenvalue weighted by molar-refractivity contribution is 6.32. The monoisotopic (exact) mass is 273 g/mol. The summed E-state index contributed by atoms with van der Waals surface area (Å²) in [6, 6.07) is 4.11. The van der Waals surface area contributed by atoms with E-state index in [0.29, 0.717) is 0 Å². The summed E-state index contributed by atoms with van der Waals surface area (Å²) < 4.78 is 5.20. The number of benzene rings is 1. The van der Waals surface area contributed by atoms with E-state index in [4.69, 9.17) is 21.4 Å². The fourth-order valence-corrected chi connectivity index (χ4v) is 1.32. The summed E-state index contributed by atoms with van der Waals surface area (Å²) >= 11 is 5.81. The number of rotatable bonds is 5. The van der Waals surface area contributed by atoms with Crippen molar-refractivity contribution >= 4 is 23.3 Å². The van der Waals surface area contributed by atoms with Crippen LogP contribution in [0, 0.1) is 15.5 Å². The number of carboxylic acids is 1. The van der Waals surface area contributed by atoms with Crippen LogP contribution in [0.1, 0.15) is 13.8 Å². The molecule has 0 fully saturated rings. The van der Waals surface area contributed by atoms with Crippen molar-refractivity contribution in [2.45, 2.75) is 13.8 Å². The second-order valence-electron chi connectivity index (χ2n) is 4.32. The van der Waals surface area contributed by atoms with Gasteiger partial charge >= 0.3 is 11.7 Å². The molecule has 6 nitrogen and oxygen atoms in total. The van der Waals surface area contributed by atoms with E-state index in [1.54, 1.807) is 0 Å². The lowest BCUT2D eigenvalue weighted by atomic mass is 9.95. The van der Waals surface area contributed by atoms with E-state index in [0.717, 1.165) is 0 Å². The number of para-hydroxylation sites is 1. The van der Waals surface area contributed by atoms with Gasteiger partial charge in [-0.15, -0.1) is 0 Å². The largest absolute Gasteiger partial charge is 0.485 e. The number of aliphatic carboxylic acids is 1. The van der Waals surface area contributed by atoms with E-state index in [1.165, 1.54) is 32.0 Å². The predicted octanol–water partition coefficient (Wildman–Crippen LogP) is 2.74. The van der Waals surface area contributed by atoms with Crippen molar-refractivity contribution in [3.8, 4) is 5.75 Å². The van der Waals surface area contributed by atoms with Crippen LogP contribution in [0.2, 0.25) is 5.02 Å². The van der Waals surface area contributed by atoms with Crippen LogP contribution in [0.3, 0.4) is 0 Å². The first-order valence-corrected chi connectivity index (χ1v) is 5.42. The number of carboxylic acid groups (broad SMARTS) is 1. The Morgan fingerprint density at radius 2 is 2.17 bits per heavy atom. The molecule has 7 heteroatoms. The fraction of sp³-hybridized carbons (Fsp3) is 0.364. The first kappa shape index (κ1) is 14.2. The summed E-state index contributed by atoms with van der Waals surface area (Å²) in [6.45, 7) is 2.70. The van der Waals surface area contributed by atoms with Crippen LogP contribution >= 0.6 is 11.6 Å². The normalized spacial score (nSPS) is 11.1. The average molecular weight is 274 g/mol. The third-order valence-electron chi connectivity index (χ3n) is 2.30. The van der Waals surface area contributed by atoms with Crippen LogP contribution in [0.25, 0.3) is 0 Å². The van der Waals surface area contributed by atoms with Gasteiger partial charge in [0.25, 0.3) is 0 Å². The molecular formula is C11H12ClNO5. The van der Waals surface area contributed by atoms with Gasteiger partial charge in [-0.2, -0.15) is 0 Å². The second-order valence-corrected chi connectivity index (χ2v) is 4.73. The molecule has 0 heterocycles. The van der Waals surface area contributed by atoms with Gasteiger partial charge in [-0.05, 0) is 19.9 Å². The number of nitrogens with zero attached hydrogens (tertiary/aromatic N) is 1. The number of nitro groups is 1. The first-order valence-electron chi connectivity index (χ1n) is 5.05. The highest BCUT2D eigenvalue weighted by Gasteiger charge is 2.30. The molecule has 18 heavy (non-hydrogen) atoms. The lowest BCUT2D eigenvalue weighted by Gasteiger charge is -2.19. The molecule has 0 amide bonds. The summed E-state index contributed by atoms with van der Waals surface area (Å²) in [5.74, 6) is -1.17. The lowest BCUT2D eigenvalue weighted by Crippen LogP contribution is -2.30. The van der Waals surface area contributed by atoms with Crippen LogP contribution in [0.5, 0.6) is 5.75 Å². The molecule has 0 spiro atoms. The predicted molar refractivity (Wildman–Crippen MR) is 65.0 cm³/mol. The molecule has 0 atom stereocenters. The van der Waals surface area contributed by atoms with E-state index in [2.05, 4.69) is 0 Å². The Bertz CT molecular complexity index is 486. The number of nitro benzene ring substituents is 1. The second kappa shape index (κ2) is 5.22. The first-order chi connectivity index (χ1) is 8.25. The standard InChI is InChI=1S/C11H12ClNO5/c1-11(2,10(14)15)6-18-9-7(12)4-3-5-8(9)13(16)17/h3-5H,6H2,1-2H3,(H,14,15). The third-order valence-corrected chi connectivity index (χ3v) is 2.60. The van der Waals surface area contributed by atoms with E-state index >= 15 is 0 Å². The smallest absolute Gasteiger partial charge is 0.312 e. The minimum atomic E-state index is -1.16. The molecule has 0 radical (unpaired) electrons. The Kier molecular flexibility index (Phi) is 4.13. The number of ether oxygens (including phenoxy) is 1. The van der Waals surface area contributed by atoms with Gasteiger partial charge in [0.1, 0.15) is 6.61 Å². The van der Waals surface area contributed by atoms with Crippen LogP contribution in [-0.2, 0) is 4.79 Å². The maximum absolute atomic E-state index is 10.9. The van der Waals surface area contributed by atoms with Gasteiger partial charge in [0.2, 0.25) is 5.75 Å². The molecule has 0 aromatic heterocycles. The van der Waals surface area contributed by atoms with Crippen molar-refractivity contribution in [1.82, 2.24) is 0 Å². The summed E-state index contributed by atoms with van der Waals surface area (Å²) in [5, 5.41) is 19.8. The fourth-order valence-electron chi connectivity index (χ4n) is 1.10. The summed E-state index contributed by atoms with van der Waals surface area (Å²) in [4.78, 5) is 21.1. The molecule has 1 N–H and O–H groups in total. The maximum atomic E-state index is 10.9. The molecule has 98 valence electrons. The van der Waals surface area contributed by atoms with Crippen LogP contribution < -0.4 is 4.74 Å². The Balaban J connectivity index is 2.98. The van der Waals surface area contributed by atoms with Crippen LogP contribution in [-0.4, -0.2) is 22.6 Å². The van der Waals surface area contributed by atoms with Gasteiger partial charge in [0.05, 0.1) is 15.4 Å². The highest BCUT2D eigenvalue weighted by atomic mass is 35.5. The van der Waals surface area contributed by atoms with E-state index in [1.807, 2.05) is 0 Å². The van der Waals surface area contributed by atoms with Gasteiger partial charge < -0.3 is 9.84 Å².